The van der Waals surface area contributed by atoms with Crippen molar-refractivity contribution in [3.05, 3.63) is 72.3 Å². The van der Waals surface area contributed by atoms with Crippen LogP contribution in [0.1, 0.15) is 24.8 Å². The molecule has 0 radical (unpaired) electrons. The summed E-state index contributed by atoms with van der Waals surface area (Å²) in [5, 5.41) is 10.3. The van der Waals surface area contributed by atoms with Crippen molar-refractivity contribution in [1.82, 2.24) is 15.1 Å². The number of nitrogens with zero attached hydrogens (tertiary/aromatic N) is 3. The molecule has 0 aliphatic rings. The second kappa shape index (κ2) is 8.08. The Hall–Kier alpha value is -3.41. The smallest absolute Gasteiger partial charge is 0.283 e. The molecule has 0 spiro atoms. The topological polar surface area (TPSA) is 72.4 Å². The van der Waals surface area contributed by atoms with Gasteiger partial charge in [-0.2, -0.15) is 0 Å². The van der Waals surface area contributed by atoms with Crippen LogP contribution < -0.4 is 0 Å². The third kappa shape index (κ3) is 3.81. The molecule has 4 rings (SSSR count). The first-order valence-electron chi connectivity index (χ1n) is 9.35. The lowest BCUT2D eigenvalue weighted by molar-refractivity contribution is -0.131. The minimum Gasteiger partial charge on any atom is -0.459 e. The highest BCUT2D eigenvalue weighted by molar-refractivity contribution is 5.90. The van der Waals surface area contributed by atoms with Gasteiger partial charge in [0.2, 0.25) is 11.8 Å². The van der Waals surface area contributed by atoms with Crippen LogP contribution in [0.3, 0.4) is 0 Å². The number of hydrogen-bond donors (Lipinski definition) is 0. The number of amides is 1. The first-order chi connectivity index (χ1) is 13.7. The Morgan fingerprint density at radius 1 is 1.04 bits per heavy atom. The molecule has 2 heterocycles. The van der Waals surface area contributed by atoms with E-state index < -0.39 is 0 Å². The van der Waals surface area contributed by atoms with Crippen molar-refractivity contribution in [3.63, 3.8) is 0 Å². The molecule has 2 aromatic carbocycles. The number of hydrogen-bond acceptors (Lipinski definition) is 5. The van der Waals surface area contributed by atoms with E-state index in [0.717, 1.165) is 22.8 Å². The molecular formula is C22H21N3O3. The Bertz CT molecular complexity index is 1060. The van der Waals surface area contributed by atoms with Crippen molar-refractivity contribution < 1.29 is 13.6 Å². The zero-order valence-electron chi connectivity index (χ0n) is 15.7. The van der Waals surface area contributed by atoms with Crippen molar-refractivity contribution in [1.29, 1.82) is 0 Å². The number of rotatable bonds is 7. The number of carbonyl (C=O) groups is 1. The van der Waals surface area contributed by atoms with Crippen LogP contribution in [0.5, 0.6) is 0 Å². The molecule has 0 fully saturated rings. The molecule has 6 heteroatoms. The first-order valence-corrected chi connectivity index (χ1v) is 9.35. The highest BCUT2D eigenvalue weighted by Gasteiger charge is 2.19. The number of fused-ring (bicyclic) bond motifs is 1. The SMILES string of the molecule is CCCN(Cc1nnc(-c2ccco2)o1)C(=O)Cc1cccc2ccccc12. The van der Waals surface area contributed by atoms with E-state index in [0.29, 0.717) is 30.5 Å². The molecule has 0 saturated heterocycles. The molecule has 28 heavy (non-hydrogen) atoms. The predicted octanol–water partition coefficient (Wildman–Crippen LogP) is 4.46. The van der Waals surface area contributed by atoms with E-state index in [2.05, 4.69) is 28.4 Å². The number of aromatic nitrogens is 2. The molecule has 0 N–H and O–H groups in total. The van der Waals surface area contributed by atoms with E-state index in [1.54, 1.807) is 23.3 Å². The molecule has 0 saturated carbocycles. The van der Waals surface area contributed by atoms with Crippen LogP contribution in [0.2, 0.25) is 0 Å². The van der Waals surface area contributed by atoms with Crippen LogP contribution in [-0.2, 0) is 17.8 Å². The third-order valence-corrected chi connectivity index (χ3v) is 4.59. The molecule has 2 aromatic heterocycles. The van der Waals surface area contributed by atoms with E-state index in [-0.39, 0.29) is 12.5 Å². The molecule has 0 aliphatic carbocycles. The number of furan rings is 1. The number of carbonyl (C=O) groups excluding carboxylic acids is 1. The molecular weight excluding hydrogens is 354 g/mol. The van der Waals surface area contributed by atoms with Crippen molar-refractivity contribution in [2.75, 3.05) is 6.54 Å². The van der Waals surface area contributed by atoms with Crippen molar-refractivity contribution in [2.24, 2.45) is 0 Å². The van der Waals surface area contributed by atoms with E-state index >= 15 is 0 Å². The van der Waals surface area contributed by atoms with Crippen molar-refractivity contribution in [3.8, 4) is 11.7 Å². The fourth-order valence-corrected chi connectivity index (χ4v) is 3.26. The molecule has 0 atom stereocenters. The number of benzene rings is 2. The highest BCUT2D eigenvalue weighted by Crippen LogP contribution is 2.21. The van der Waals surface area contributed by atoms with E-state index in [1.165, 1.54) is 0 Å². The molecule has 1 amide bonds. The summed E-state index contributed by atoms with van der Waals surface area (Å²) in [6.45, 7) is 2.95. The average Bonchev–Trinajstić information content (AvgIpc) is 3.40. The largest absolute Gasteiger partial charge is 0.459 e. The van der Waals surface area contributed by atoms with Gasteiger partial charge in [-0.25, -0.2) is 0 Å². The van der Waals surface area contributed by atoms with Gasteiger partial charge in [-0.15, -0.1) is 10.2 Å². The van der Waals surface area contributed by atoms with Gasteiger partial charge in [-0.05, 0) is 34.9 Å². The molecule has 0 aliphatic heterocycles. The molecule has 4 aromatic rings. The second-order valence-corrected chi connectivity index (χ2v) is 6.61. The van der Waals surface area contributed by atoms with Crippen LogP contribution >= 0.6 is 0 Å². The van der Waals surface area contributed by atoms with Gasteiger partial charge in [0.25, 0.3) is 5.89 Å². The zero-order valence-corrected chi connectivity index (χ0v) is 15.7. The van der Waals surface area contributed by atoms with Gasteiger partial charge in [-0.3, -0.25) is 4.79 Å². The van der Waals surface area contributed by atoms with Crippen molar-refractivity contribution in [2.45, 2.75) is 26.3 Å². The normalized spacial score (nSPS) is 11.0. The van der Waals surface area contributed by atoms with Crippen LogP contribution in [0.4, 0.5) is 0 Å². The van der Waals surface area contributed by atoms with E-state index in [9.17, 15) is 4.79 Å². The maximum absolute atomic E-state index is 13.0. The van der Waals surface area contributed by atoms with Crippen molar-refractivity contribution >= 4 is 16.7 Å². The Morgan fingerprint density at radius 2 is 1.89 bits per heavy atom. The van der Waals surface area contributed by atoms with Crippen LogP contribution in [-0.4, -0.2) is 27.5 Å². The Morgan fingerprint density at radius 3 is 2.71 bits per heavy atom. The van der Waals surface area contributed by atoms with Gasteiger partial charge in [0.15, 0.2) is 5.76 Å². The minimum atomic E-state index is 0.0379. The summed E-state index contributed by atoms with van der Waals surface area (Å²) in [6, 6.07) is 17.7. The predicted molar refractivity (Wildman–Crippen MR) is 105 cm³/mol. The summed E-state index contributed by atoms with van der Waals surface area (Å²) in [7, 11) is 0. The summed E-state index contributed by atoms with van der Waals surface area (Å²) in [5.41, 5.74) is 1.02. The standard InChI is InChI=1S/C22H21N3O3/c1-2-12-25(15-20-23-24-22(28-20)19-11-6-13-27-19)21(26)14-17-9-5-8-16-7-3-4-10-18(16)17/h3-11,13H,2,12,14-15H2,1H3. The Labute approximate surface area is 162 Å². The minimum absolute atomic E-state index is 0.0379. The Balaban J connectivity index is 1.51. The molecule has 142 valence electrons. The van der Waals surface area contributed by atoms with Gasteiger partial charge in [0, 0.05) is 6.54 Å². The zero-order chi connectivity index (χ0) is 19.3. The Kier molecular flexibility index (Phi) is 5.19. The second-order valence-electron chi connectivity index (χ2n) is 6.61. The van der Waals surface area contributed by atoms with Crippen LogP contribution in [0.25, 0.3) is 22.4 Å². The van der Waals surface area contributed by atoms with Crippen LogP contribution in [0.15, 0.2) is 69.7 Å². The summed E-state index contributed by atoms with van der Waals surface area (Å²) >= 11 is 0. The fraction of sp³-hybridized carbons (Fsp3) is 0.227. The lowest BCUT2D eigenvalue weighted by Crippen LogP contribution is -2.32. The summed E-state index contributed by atoms with van der Waals surface area (Å²) < 4.78 is 10.9. The van der Waals surface area contributed by atoms with Gasteiger partial charge in [0.1, 0.15) is 0 Å². The van der Waals surface area contributed by atoms with E-state index in [1.807, 2.05) is 31.2 Å². The van der Waals surface area contributed by atoms with Gasteiger partial charge >= 0.3 is 0 Å². The fourth-order valence-electron chi connectivity index (χ4n) is 3.26. The molecule has 0 unspecified atom stereocenters. The lowest BCUT2D eigenvalue weighted by Gasteiger charge is -2.20. The maximum Gasteiger partial charge on any atom is 0.283 e. The summed E-state index contributed by atoms with van der Waals surface area (Å²) in [4.78, 5) is 14.8. The first kappa shape index (κ1) is 18.0. The summed E-state index contributed by atoms with van der Waals surface area (Å²) in [6.07, 6.45) is 2.73. The van der Waals surface area contributed by atoms with Crippen LogP contribution in [0, 0.1) is 0 Å². The van der Waals surface area contributed by atoms with Gasteiger partial charge < -0.3 is 13.7 Å². The van der Waals surface area contributed by atoms with Gasteiger partial charge in [0.05, 0.1) is 19.2 Å². The highest BCUT2D eigenvalue weighted by atomic mass is 16.4. The lowest BCUT2D eigenvalue weighted by atomic mass is 10.0. The van der Waals surface area contributed by atoms with E-state index in [4.69, 9.17) is 8.83 Å². The van der Waals surface area contributed by atoms with Gasteiger partial charge in [-0.1, -0.05) is 49.4 Å². The quantitative estimate of drug-likeness (QED) is 0.477. The summed E-state index contributed by atoms with van der Waals surface area (Å²) in [5.74, 6) is 1.27. The molecule has 6 nitrogen and oxygen atoms in total. The molecule has 0 bridgehead atoms. The third-order valence-electron chi connectivity index (χ3n) is 4.59. The maximum atomic E-state index is 13.0. The average molecular weight is 375 g/mol. The monoisotopic (exact) mass is 375 g/mol.